The maximum Gasteiger partial charge on any atom is 0.194 e. The third kappa shape index (κ3) is 7.35. The molecule has 2 saturated heterocycles. The first-order valence-electron chi connectivity index (χ1n) is 10.3. The molecule has 3 rings (SSSR count). The van der Waals surface area contributed by atoms with Gasteiger partial charge in [0.05, 0.1) is 25.4 Å². The van der Waals surface area contributed by atoms with Crippen LogP contribution in [0.3, 0.4) is 0 Å². The number of hydrogen-bond donors (Lipinski definition) is 1. The number of halogens is 2. The van der Waals surface area contributed by atoms with Gasteiger partial charge in [-0.1, -0.05) is 29.8 Å². The molecule has 2 heterocycles. The summed E-state index contributed by atoms with van der Waals surface area (Å²) in [5, 5.41) is 4.18. The molecule has 1 aromatic carbocycles. The second-order valence-electron chi connectivity index (χ2n) is 7.27. The van der Waals surface area contributed by atoms with E-state index in [1.54, 1.807) is 0 Å². The minimum Gasteiger partial charge on any atom is -0.376 e. The van der Waals surface area contributed by atoms with Crippen molar-refractivity contribution in [1.29, 1.82) is 0 Å². The van der Waals surface area contributed by atoms with Crippen molar-refractivity contribution in [3.8, 4) is 0 Å². The molecule has 1 aromatic rings. The molecule has 2 fully saturated rings. The normalized spacial score (nSPS) is 21.3. The van der Waals surface area contributed by atoms with Crippen molar-refractivity contribution >= 4 is 41.5 Å². The minimum atomic E-state index is 0. The molecule has 0 bridgehead atoms. The van der Waals surface area contributed by atoms with Gasteiger partial charge in [0.25, 0.3) is 0 Å². The summed E-state index contributed by atoms with van der Waals surface area (Å²) in [7, 11) is 0. The van der Waals surface area contributed by atoms with Gasteiger partial charge < -0.3 is 19.7 Å². The lowest BCUT2D eigenvalue weighted by molar-refractivity contribution is -0.0721. The van der Waals surface area contributed by atoms with Crippen molar-refractivity contribution in [2.45, 2.75) is 57.8 Å². The molecular formula is C21H33ClIN3O2. The highest BCUT2D eigenvalue weighted by Gasteiger charge is 2.23. The number of guanidine groups is 1. The van der Waals surface area contributed by atoms with E-state index < -0.39 is 0 Å². The summed E-state index contributed by atoms with van der Waals surface area (Å²) < 4.78 is 11.9. The van der Waals surface area contributed by atoms with Crippen LogP contribution in [0, 0.1) is 0 Å². The summed E-state index contributed by atoms with van der Waals surface area (Å²) >= 11 is 6.26. The number of hydrogen-bond acceptors (Lipinski definition) is 3. The van der Waals surface area contributed by atoms with Gasteiger partial charge in [0.1, 0.15) is 0 Å². The van der Waals surface area contributed by atoms with Gasteiger partial charge in [-0.2, -0.15) is 0 Å². The largest absolute Gasteiger partial charge is 0.376 e. The van der Waals surface area contributed by atoms with Gasteiger partial charge in [0.2, 0.25) is 0 Å². The van der Waals surface area contributed by atoms with E-state index in [0.29, 0.717) is 18.8 Å². The first-order valence-corrected chi connectivity index (χ1v) is 10.6. The number of nitrogens with zero attached hydrogens (tertiary/aromatic N) is 2. The number of nitrogens with one attached hydrogen (secondary N) is 1. The zero-order valence-corrected chi connectivity index (χ0v) is 19.8. The average Bonchev–Trinajstić information content (AvgIpc) is 2.72. The van der Waals surface area contributed by atoms with Crippen LogP contribution in [0.25, 0.3) is 0 Å². The van der Waals surface area contributed by atoms with Crippen molar-refractivity contribution in [2.75, 3.05) is 32.8 Å². The fourth-order valence-electron chi connectivity index (χ4n) is 3.63. The molecule has 1 atom stereocenters. The van der Waals surface area contributed by atoms with Gasteiger partial charge in [-0.3, -0.25) is 0 Å². The van der Waals surface area contributed by atoms with E-state index in [1.807, 2.05) is 24.3 Å². The molecule has 0 aliphatic carbocycles. The van der Waals surface area contributed by atoms with Gasteiger partial charge in [-0.25, -0.2) is 4.99 Å². The zero-order valence-electron chi connectivity index (χ0n) is 16.7. The van der Waals surface area contributed by atoms with Crippen LogP contribution in [0.4, 0.5) is 0 Å². The fourth-order valence-corrected chi connectivity index (χ4v) is 3.82. The van der Waals surface area contributed by atoms with Gasteiger partial charge in [-0.15, -0.1) is 24.0 Å². The monoisotopic (exact) mass is 521 g/mol. The van der Waals surface area contributed by atoms with E-state index in [2.05, 4.69) is 17.1 Å². The zero-order chi connectivity index (χ0) is 18.9. The van der Waals surface area contributed by atoms with E-state index in [1.165, 1.54) is 12.8 Å². The third-order valence-corrected chi connectivity index (χ3v) is 5.59. The first kappa shape index (κ1) is 23.7. The Balaban J connectivity index is 0.00000280. The maximum absolute atomic E-state index is 6.26. The summed E-state index contributed by atoms with van der Waals surface area (Å²) in [6.45, 7) is 7.11. The van der Waals surface area contributed by atoms with Crippen LogP contribution in [-0.4, -0.2) is 55.9 Å². The number of likely N-dealkylation sites (tertiary alicyclic amines) is 1. The highest BCUT2D eigenvalue weighted by atomic mass is 127. The fraction of sp³-hybridized carbons (Fsp3) is 0.667. The highest BCUT2D eigenvalue weighted by Crippen LogP contribution is 2.19. The van der Waals surface area contributed by atoms with Crippen molar-refractivity contribution in [3.05, 3.63) is 34.9 Å². The molecule has 2 aliphatic heterocycles. The molecule has 0 radical (unpaired) electrons. The van der Waals surface area contributed by atoms with E-state index in [9.17, 15) is 0 Å². The Hall–Kier alpha value is -0.570. The minimum absolute atomic E-state index is 0. The van der Waals surface area contributed by atoms with E-state index in [4.69, 9.17) is 26.1 Å². The molecule has 0 saturated carbocycles. The second-order valence-corrected chi connectivity index (χ2v) is 7.68. The molecule has 158 valence electrons. The molecule has 0 spiro atoms. The molecular weight excluding hydrogens is 489 g/mol. The Kier molecular flexibility index (Phi) is 10.9. The van der Waals surface area contributed by atoms with E-state index in [-0.39, 0.29) is 24.0 Å². The van der Waals surface area contributed by atoms with E-state index in [0.717, 1.165) is 68.7 Å². The molecule has 0 amide bonds. The van der Waals surface area contributed by atoms with E-state index >= 15 is 0 Å². The number of rotatable bonds is 6. The topological polar surface area (TPSA) is 46.1 Å². The van der Waals surface area contributed by atoms with Crippen LogP contribution < -0.4 is 5.32 Å². The molecule has 1 N–H and O–H groups in total. The van der Waals surface area contributed by atoms with Crippen LogP contribution in [0.5, 0.6) is 0 Å². The van der Waals surface area contributed by atoms with Crippen LogP contribution in [0.15, 0.2) is 29.3 Å². The summed E-state index contributed by atoms with van der Waals surface area (Å²) in [5.41, 5.74) is 1.06. The number of piperidine rings is 1. The predicted octanol–water partition coefficient (Wildman–Crippen LogP) is 4.47. The van der Waals surface area contributed by atoms with Gasteiger partial charge in [-0.05, 0) is 50.7 Å². The van der Waals surface area contributed by atoms with Crippen molar-refractivity contribution in [3.63, 3.8) is 0 Å². The Morgan fingerprint density at radius 3 is 2.71 bits per heavy atom. The molecule has 2 aliphatic rings. The lowest BCUT2D eigenvalue weighted by Crippen LogP contribution is -2.47. The molecule has 1 unspecified atom stereocenters. The number of aliphatic imine (C=N–C) groups is 1. The third-order valence-electron chi connectivity index (χ3n) is 5.23. The lowest BCUT2D eigenvalue weighted by atomic mass is 10.1. The Bertz CT molecular complexity index is 603. The Morgan fingerprint density at radius 1 is 1.25 bits per heavy atom. The second kappa shape index (κ2) is 12.9. The summed E-state index contributed by atoms with van der Waals surface area (Å²) in [4.78, 5) is 7.13. The SMILES string of the molecule is CCNC(=NCc1ccccc1Cl)N1CCC(OCC2CCCCO2)CC1.I. The quantitative estimate of drug-likeness (QED) is 0.341. The van der Waals surface area contributed by atoms with Crippen molar-refractivity contribution < 1.29 is 9.47 Å². The van der Waals surface area contributed by atoms with Gasteiger partial charge >= 0.3 is 0 Å². The Morgan fingerprint density at radius 2 is 2.04 bits per heavy atom. The maximum atomic E-state index is 6.26. The van der Waals surface area contributed by atoms with Gasteiger partial charge in [0, 0.05) is 31.3 Å². The molecule has 0 aromatic heterocycles. The molecule has 28 heavy (non-hydrogen) atoms. The smallest absolute Gasteiger partial charge is 0.194 e. The van der Waals surface area contributed by atoms with Gasteiger partial charge in [0.15, 0.2) is 5.96 Å². The van der Waals surface area contributed by atoms with Crippen molar-refractivity contribution in [1.82, 2.24) is 10.2 Å². The van der Waals surface area contributed by atoms with Crippen LogP contribution in [0.2, 0.25) is 5.02 Å². The number of benzene rings is 1. The highest BCUT2D eigenvalue weighted by molar-refractivity contribution is 14.0. The first-order chi connectivity index (χ1) is 13.3. The van der Waals surface area contributed by atoms with Crippen LogP contribution in [0.1, 0.15) is 44.6 Å². The average molecular weight is 522 g/mol. The van der Waals surface area contributed by atoms with Crippen molar-refractivity contribution in [2.24, 2.45) is 4.99 Å². The Labute approximate surface area is 191 Å². The standard InChI is InChI=1S/C21H32ClN3O2.HI/c1-2-23-21(24-15-17-7-3-4-9-20(17)22)25-12-10-18(11-13-25)27-16-19-8-5-6-14-26-19;/h3-4,7,9,18-19H,2,5-6,8,10-16H2,1H3,(H,23,24);1H. The predicted molar refractivity (Wildman–Crippen MR) is 126 cm³/mol. The van der Waals surface area contributed by atoms with Crippen LogP contribution in [-0.2, 0) is 16.0 Å². The molecule has 7 heteroatoms. The lowest BCUT2D eigenvalue weighted by Gasteiger charge is -2.35. The summed E-state index contributed by atoms with van der Waals surface area (Å²) in [5.74, 6) is 0.964. The molecule has 5 nitrogen and oxygen atoms in total. The summed E-state index contributed by atoms with van der Waals surface area (Å²) in [6, 6.07) is 7.90. The number of ether oxygens (including phenoxy) is 2. The summed E-state index contributed by atoms with van der Waals surface area (Å²) in [6.07, 6.45) is 6.28. The van der Waals surface area contributed by atoms with Crippen LogP contribution >= 0.6 is 35.6 Å².